The first-order valence-electron chi connectivity index (χ1n) is 9.43. The Bertz CT molecular complexity index is 1110. The summed E-state index contributed by atoms with van der Waals surface area (Å²) in [5.74, 6) is 1.33. The van der Waals surface area contributed by atoms with E-state index in [1.807, 2.05) is 32.2 Å². The third kappa shape index (κ3) is 4.25. The number of nitrogens with zero attached hydrogens (tertiary/aromatic N) is 3. The normalized spacial score (nSPS) is 17.5. The van der Waals surface area contributed by atoms with Crippen molar-refractivity contribution in [3.8, 4) is 0 Å². The van der Waals surface area contributed by atoms with Crippen LogP contribution in [0.15, 0.2) is 51.9 Å². The molecule has 0 radical (unpaired) electrons. The average molecular weight is 435 g/mol. The van der Waals surface area contributed by atoms with Gasteiger partial charge in [-0.05, 0) is 50.4 Å². The molecule has 1 aromatic carbocycles. The average Bonchev–Trinajstić information content (AvgIpc) is 3.12. The van der Waals surface area contributed by atoms with E-state index < -0.39 is 10.0 Å². The van der Waals surface area contributed by atoms with E-state index in [9.17, 15) is 8.42 Å². The summed E-state index contributed by atoms with van der Waals surface area (Å²) in [6.45, 7) is 4.40. The van der Waals surface area contributed by atoms with Gasteiger partial charge in [0, 0.05) is 42.8 Å². The second kappa shape index (κ2) is 7.95. The number of likely N-dealkylation sites (N-methyl/N-ethyl adjacent to an activating group) is 1. The van der Waals surface area contributed by atoms with Crippen molar-refractivity contribution in [1.29, 1.82) is 0 Å². The van der Waals surface area contributed by atoms with Gasteiger partial charge in [0.25, 0.3) is 0 Å². The summed E-state index contributed by atoms with van der Waals surface area (Å²) in [6, 6.07) is 10.5. The zero-order chi connectivity index (χ0) is 20.6. The molecule has 1 atom stereocenters. The Morgan fingerprint density at radius 1 is 1.14 bits per heavy atom. The van der Waals surface area contributed by atoms with Crippen LogP contribution in [0.2, 0.25) is 5.02 Å². The second-order valence-electron chi connectivity index (χ2n) is 7.28. The summed E-state index contributed by atoms with van der Waals surface area (Å²) in [5, 5.41) is 4.83. The number of hydrogen-bond acceptors (Lipinski definition) is 6. The van der Waals surface area contributed by atoms with Crippen LogP contribution in [0, 0.1) is 0 Å². The smallest absolute Gasteiger partial charge is 0.244 e. The number of aromatic nitrogens is 1. The van der Waals surface area contributed by atoms with E-state index in [0.717, 1.165) is 29.8 Å². The maximum absolute atomic E-state index is 12.8. The zero-order valence-electron chi connectivity index (χ0n) is 16.3. The Hall–Kier alpha value is -2.13. The van der Waals surface area contributed by atoms with Crippen molar-refractivity contribution in [3.63, 3.8) is 0 Å². The van der Waals surface area contributed by atoms with E-state index >= 15 is 0 Å². The third-order valence-electron chi connectivity index (χ3n) is 5.12. The highest BCUT2D eigenvalue weighted by Gasteiger charge is 2.27. The Balaban J connectivity index is 1.47. The van der Waals surface area contributed by atoms with Crippen LogP contribution in [0.1, 0.15) is 18.7 Å². The number of furan rings is 1. The lowest BCUT2D eigenvalue weighted by molar-refractivity contribution is 0.222. The molecule has 9 heteroatoms. The van der Waals surface area contributed by atoms with Crippen LogP contribution >= 0.6 is 11.6 Å². The molecule has 3 heterocycles. The number of nitrogens with one attached hydrogen (secondary N) is 1. The van der Waals surface area contributed by atoms with Gasteiger partial charge in [-0.15, -0.1) is 0 Å². The molecule has 154 valence electrons. The fraction of sp³-hybridized carbons (Fsp3) is 0.350. The van der Waals surface area contributed by atoms with Crippen LogP contribution in [-0.4, -0.2) is 55.8 Å². The molecule has 0 spiro atoms. The van der Waals surface area contributed by atoms with Crippen molar-refractivity contribution in [2.45, 2.75) is 17.9 Å². The fourth-order valence-corrected chi connectivity index (χ4v) is 4.89. The lowest BCUT2D eigenvalue weighted by atomic mass is 10.2. The van der Waals surface area contributed by atoms with Gasteiger partial charge in [0.2, 0.25) is 10.0 Å². The van der Waals surface area contributed by atoms with Crippen molar-refractivity contribution in [1.82, 2.24) is 14.2 Å². The molecule has 7 nitrogen and oxygen atoms in total. The SMILES string of the molecule is CC(Nc1ccc(S(=O)(=O)N2CCN(C)CC2)cn1)c1cc2cc(Cl)ccc2o1. The predicted octanol–water partition coefficient (Wildman–Crippen LogP) is 3.59. The van der Waals surface area contributed by atoms with Gasteiger partial charge in [-0.3, -0.25) is 0 Å². The molecule has 0 aliphatic carbocycles. The van der Waals surface area contributed by atoms with Crippen LogP contribution in [0.5, 0.6) is 0 Å². The Kier molecular flexibility index (Phi) is 5.52. The highest BCUT2D eigenvalue weighted by molar-refractivity contribution is 7.89. The molecule has 1 unspecified atom stereocenters. The molecule has 29 heavy (non-hydrogen) atoms. The van der Waals surface area contributed by atoms with Crippen molar-refractivity contribution in [2.24, 2.45) is 0 Å². The van der Waals surface area contributed by atoms with Gasteiger partial charge in [-0.1, -0.05) is 11.6 Å². The van der Waals surface area contributed by atoms with Gasteiger partial charge in [0.1, 0.15) is 22.1 Å². The van der Waals surface area contributed by atoms with Gasteiger partial charge >= 0.3 is 0 Å². The predicted molar refractivity (Wildman–Crippen MR) is 114 cm³/mol. The monoisotopic (exact) mass is 434 g/mol. The first kappa shape index (κ1) is 20.2. The van der Waals surface area contributed by atoms with Crippen LogP contribution in [0.4, 0.5) is 5.82 Å². The number of sulfonamides is 1. The lowest BCUT2D eigenvalue weighted by Crippen LogP contribution is -2.47. The van der Waals surface area contributed by atoms with Crippen LogP contribution in [0.25, 0.3) is 11.0 Å². The molecule has 2 aromatic heterocycles. The van der Waals surface area contributed by atoms with E-state index in [1.165, 1.54) is 10.5 Å². The summed E-state index contributed by atoms with van der Waals surface area (Å²) in [4.78, 5) is 6.62. The molecule has 1 aliphatic rings. The molecule has 1 saturated heterocycles. The van der Waals surface area contributed by atoms with Gasteiger partial charge < -0.3 is 14.6 Å². The minimum atomic E-state index is -3.52. The Morgan fingerprint density at radius 2 is 1.90 bits per heavy atom. The minimum Gasteiger partial charge on any atom is -0.459 e. The number of anilines is 1. The van der Waals surface area contributed by atoms with Gasteiger partial charge in [0.15, 0.2) is 0 Å². The zero-order valence-corrected chi connectivity index (χ0v) is 17.9. The van der Waals surface area contributed by atoms with Gasteiger partial charge in [-0.25, -0.2) is 13.4 Å². The molecule has 0 bridgehead atoms. The highest BCUT2D eigenvalue weighted by atomic mass is 35.5. The summed E-state index contributed by atoms with van der Waals surface area (Å²) >= 11 is 6.03. The van der Waals surface area contributed by atoms with Crippen LogP contribution < -0.4 is 5.32 Å². The van der Waals surface area contributed by atoms with E-state index in [0.29, 0.717) is 23.9 Å². The van der Waals surface area contributed by atoms with Crippen LogP contribution in [0.3, 0.4) is 0 Å². The molecule has 1 N–H and O–H groups in total. The van der Waals surface area contributed by atoms with E-state index in [2.05, 4.69) is 15.2 Å². The summed E-state index contributed by atoms with van der Waals surface area (Å²) in [5.41, 5.74) is 0.764. The first-order chi connectivity index (χ1) is 13.8. The van der Waals surface area contributed by atoms with E-state index in [4.69, 9.17) is 16.0 Å². The number of hydrogen-bond donors (Lipinski definition) is 1. The number of benzene rings is 1. The van der Waals surface area contributed by atoms with Gasteiger partial charge in [0.05, 0.1) is 6.04 Å². The number of piperazine rings is 1. The number of rotatable bonds is 5. The second-order valence-corrected chi connectivity index (χ2v) is 9.66. The largest absolute Gasteiger partial charge is 0.459 e. The van der Waals surface area contributed by atoms with E-state index in [1.54, 1.807) is 18.2 Å². The number of halogens is 1. The highest BCUT2D eigenvalue weighted by Crippen LogP contribution is 2.28. The maximum atomic E-state index is 12.8. The van der Waals surface area contributed by atoms with E-state index in [-0.39, 0.29) is 10.9 Å². The maximum Gasteiger partial charge on any atom is 0.244 e. The molecule has 1 aliphatic heterocycles. The Labute approximate surface area is 175 Å². The van der Waals surface area contributed by atoms with Crippen molar-refractivity contribution < 1.29 is 12.8 Å². The molecule has 0 saturated carbocycles. The van der Waals surface area contributed by atoms with Gasteiger partial charge in [-0.2, -0.15) is 4.31 Å². The lowest BCUT2D eigenvalue weighted by Gasteiger charge is -2.31. The molecular weight excluding hydrogens is 412 g/mol. The van der Waals surface area contributed by atoms with Crippen molar-refractivity contribution in [2.75, 3.05) is 38.5 Å². The van der Waals surface area contributed by atoms with Crippen LogP contribution in [-0.2, 0) is 10.0 Å². The summed E-state index contributed by atoms with van der Waals surface area (Å²) in [6.07, 6.45) is 1.40. The first-order valence-corrected chi connectivity index (χ1v) is 11.2. The third-order valence-corrected chi connectivity index (χ3v) is 7.24. The summed E-state index contributed by atoms with van der Waals surface area (Å²) < 4.78 is 33.0. The van der Waals surface area contributed by atoms with Crippen molar-refractivity contribution in [3.05, 3.63) is 53.4 Å². The Morgan fingerprint density at radius 3 is 2.59 bits per heavy atom. The molecule has 4 rings (SSSR count). The molecular formula is C20H23ClN4O3S. The minimum absolute atomic E-state index is 0.145. The standard InChI is InChI=1S/C20H23ClN4O3S/c1-14(19-12-15-11-16(21)3-5-18(15)28-19)23-20-6-4-17(13-22-20)29(26,27)25-9-7-24(2)8-10-25/h3-6,11-14H,7-10H2,1-2H3,(H,22,23). The summed E-state index contributed by atoms with van der Waals surface area (Å²) in [7, 11) is -1.53. The molecule has 0 amide bonds. The number of pyridine rings is 1. The quantitative estimate of drug-likeness (QED) is 0.661. The van der Waals surface area contributed by atoms with Crippen molar-refractivity contribution >= 4 is 38.4 Å². The number of fused-ring (bicyclic) bond motifs is 1. The molecule has 3 aromatic rings. The fourth-order valence-electron chi connectivity index (χ4n) is 3.34. The topological polar surface area (TPSA) is 78.7 Å². The molecule has 1 fully saturated rings.